The van der Waals surface area contributed by atoms with Crippen LogP contribution >= 0.6 is 11.3 Å². The minimum Gasteiger partial charge on any atom is -0.465 e. The molecule has 1 heterocycles. The van der Waals surface area contributed by atoms with E-state index in [1.807, 2.05) is 6.92 Å². The number of hydrogen-bond donors (Lipinski definition) is 0. The first-order chi connectivity index (χ1) is 9.51. The molecule has 5 nitrogen and oxygen atoms in total. The fraction of sp³-hybridized carbons (Fsp3) is 0.214. The Morgan fingerprint density at radius 1 is 1.10 bits per heavy atom. The molecule has 20 heavy (non-hydrogen) atoms. The average Bonchev–Trinajstić information content (AvgIpc) is 2.78. The molecule has 0 unspecified atom stereocenters. The number of ether oxygens (including phenoxy) is 2. The summed E-state index contributed by atoms with van der Waals surface area (Å²) in [6.45, 7) is 3.60. The van der Waals surface area contributed by atoms with Gasteiger partial charge in [-0.05, 0) is 38.1 Å². The molecule has 0 aliphatic carbocycles. The van der Waals surface area contributed by atoms with Crippen LogP contribution in [0.3, 0.4) is 0 Å². The van der Waals surface area contributed by atoms with Crippen molar-refractivity contribution in [1.82, 2.24) is 4.98 Å². The number of hydrogen-bond acceptors (Lipinski definition) is 6. The van der Waals surface area contributed by atoms with Crippen LogP contribution in [0.5, 0.6) is 5.75 Å². The van der Waals surface area contributed by atoms with Gasteiger partial charge in [0.05, 0.1) is 23.4 Å². The Morgan fingerprint density at radius 3 is 2.25 bits per heavy atom. The van der Waals surface area contributed by atoms with Crippen LogP contribution in [0.1, 0.15) is 30.7 Å². The van der Waals surface area contributed by atoms with Gasteiger partial charge < -0.3 is 9.47 Å². The van der Waals surface area contributed by atoms with Gasteiger partial charge in [-0.2, -0.15) is 0 Å². The van der Waals surface area contributed by atoms with Crippen LogP contribution in [0.4, 0.5) is 0 Å². The molecular weight excluding hydrogens is 278 g/mol. The topological polar surface area (TPSA) is 65.5 Å². The zero-order valence-corrected chi connectivity index (χ0v) is 12.1. The molecule has 104 valence electrons. The lowest BCUT2D eigenvalue weighted by Crippen LogP contribution is -2.08. The molecule has 0 saturated carbocycles. The van der Waals surface area contributed by atoms with E-state index in [0.29, 0.717) is 21.9 Å². The normalized spacial score (nSPS) is 10.2. The first kappa shape index (κ1) is 14.2. The molecule has 2 aromatic rings. The third-order valence-corrected chi connectivity index (χ3v) is 3.63. The van der Waals surface area contributed by atoms with Crippen molar-refractivity contribution in [2.45, 2.75) is 13.8 Å². The van der Waals surface area contributed by atoms with Crippen LogP contribution in [-0.4, -0.2) is 24.0 Å². The molecule has 0 atom stereocenters. The number of benzene rings is 1. The predicted molar refractivity (Wildman–Crippen MR) is 74.3 cm³/mol. The van der Waals surface area contributed by atoms with E-state index in [-0.39, 0.29) is 0 Å². The van der Waals surface area contributed by atoms with Crippen molar-refractivity contribution in [3.8, 4) is 5.75 Å². The van der Waals surface area contributed by atoms with Gasteiger partial charge in [-0.1, -0.05) is 0 Å². The van der Waals surface area contributed by atoms with E-state index in [4.69, 9.17) is 4.74 Å². The summed E-state index contributed by atoms with van der Waals surface area (Å²) < 4.78 is 9.83. The van der Waals surface area contributed by atoms with E-state index < -0.39 is 11.9 Å². The third kappa shape index (κ3) is 3.03. The lowest BCUT2D eigenvalue weighted by molar-refractivity contribution is 0.0600. The molecule has 0 bridgehead atoms. The largest absolute Gasteiger partial charge is 0.465 e. The molecule has 0 aliphatic heterocycles. The van der Waals surface area contributed by atoms with Crippen molar-refractivity contribution >= 4 is 23.3 Å². The standard InChI is InChI=1S/C14H13NO4S/c1-8-12(20-9(2)15-8)14(17)19-11-6-4-10(5-7-11)13(16)18-3/h4-7H,1-3H3. The fourth-order valence-electron chi connectivity index (χ4n) is 1.65. The number of esters is 2. The molecule has 0 spiro atoms. The Bertz CT molecular complexity index is 646. The summed E-state index contributed by atoms with van der Waals surface area (Å²) in [6.07, 6.45) is 0. The Balaban J connectivity index is 2.12. The summed E-state index contributed by atoms with van der Waals surface area (Å²) in [5.41, 5.74) is 1.06. The summed E-state index contributed by atoms with van der Waals surface area (Å²) in [7, 11) is 1.31. The van der Waals surface area contributed by atoms with Gasteiger partial charge in [-0.15, -0.1) is 11.3 Å². The lowest BCUT2D eigenvalue weighted by atomic mass is 10.2. The lowest BCUT2D eigenvalue weighted by Gasteiger charge is -2.04. The van der Waals surface area contributed by atoms with Gasteiger partial charge in [0.25, 0.3) is 0 Å². The number of methoxy groups -OCH3 is 1. The van der Waals surface area contributed by atoms with Crippen LogP contribution in [0.25, 0.3) is 0 Å². The minimum absolute atomic E-state index is 0.369. The molecule has 0 radical (unpaired) electrons. The van der Waals surface area contributed by atoms with Crippen molar-refractivity contribution in [2.75, 3.05) is 7.11 Å². The summed E-state index contributed by atoms with van der Waals surface area (Å²) >= 11 is 1.29. The molecule has 0 N–H and O–H groups in total. The van der Waals surface area contributed by atoms with E-state index in [9.17, 15) is 9.59 Å². The average molecular weight is 291 g/mol. The highest BCUT2D eigenvalue weighted by Gasteiger charge is 2.16. The maximum absolute atomic E-state index is 12.0. The summed E-state index contributed by atoms with van der Waals surface area (Å²) in [5, 5.41) is 0.815. The van der Waals surface area contributed by atoms with E-state index in [0.717, 1.165) is 5.01 Å². The highest BCUT2D eigenvalue weighted by molar-refractivity contribution is 7.13. The molecule has 1 aromatic heterocycles. The molecule has 0 saturated heterocycles. The van der Waals surface area contributed by atoms with E-state index in [1.165, 1.54) is 18.4 Å². The number of aromatic nitrogens is 1. The molecule has 0 amide bonds. The van der Waals surface area contributed by atoms with Gasteiger partial charge in [0.1, 0.15) is 10.6 Å². The minimum atomic E-state index is -0.445. The zero-order chi connectivity index (χ0) is 14.7. The monoisotopic (exact) mass is 291 g/mol. The first-order valence-corrected chi connectivity index (χ1v) is 6.67. The number of carbonyl (C=O) groups is 2. The van der Waals surface area contributed by atoms with Gasteiger partial charge >= 0.3 is 11.9 Å². The highest BCUT2D eigenvalue weighted by atomic mass is 32.1. The third-order valence-electron chi connectivity index (χ3n) is 2.57. The van der Waals surface area contributed by atoms with Crippen molar-refractivity contribution < 1.29 is 19.1 Å². The maximum Gasteiger partial charge on any atom is 0.355 e. The van der Waals surface area contributed by atoms with E-state index >= 15 is 0 Å². The van der Waals surface area contributed by atoms with Crippen LogP contribution < -0.4 is 4.74 Å². The number of aryl methyl sites for hydroxylation is 2. The molecular formula is C14H13NO4S. The smallest absolute Gasteiger partial charge is 0.355 e. The van der Waals surface area contributed by atoms with Crippen molar-refractivity contribution in [2.24, 2.45) is 0 Å². The van der Waals surface area contributed by atoms with Crippen LogP contribution in [0.15, 0.2) is 24.3 Å². The SMILES string of the molecule is COC(=O)c1ccc(OC(=O)c2sc(C)nc2C)cc1. The molecule has 6 heteroatoms. The van der Waals surface area contributed by atoms with Gasteiger partial charge in [-0.25, -0.2) is 14.6 Å². The van der Waals surface area contributed by atoms with Crippen LogP contribution in [0, 0.1) is 13.8 Å². The second-order valence-corrected chi connectivity index (χ2v) is 5.26. The second kappa shape index (κ2) is 5.83. The first-order valence-electron chi connectivity index (χ1n) is 5.86. The van der Waals surface area contributed by atoms with Crippen molar-refractivity contribution in [1.29, 1.82) is 0 Å². The second-order valence-electron chi connectivity index (χ2n) is 4.05. The quantitative estimate of drug-likeness (QED) is 0.642. The highest BCUT2D eigenvalue weighted by Crippen LogP contribution is 2.20. The molecule has 0 aliphatic rings. The number of rotatable bonds is 3. The molecule has 2 rings (SSSR count). The van der Waals surface area contributed by atoms with Crippen LogP contribution in [0.2, 0.25) is 0 Å². The number of nitrogens with zero attached hydrogens (tertiary/aromatic N) is 1. The number of carbonyl (C=O) groups excluding carboxylic acids is 2. The summed E-state index contributed by atoms with van der Waals surface area (Å²) in [5.74, 6) is -0.510. The number of thiazole rings is 1. The fourth-order valence-corrected chi connectivity index (χ4v) is 2.45. The Morgan fingerprint density at radius 2 is 1.75 bits per heavy atom. The van der Waals surface area contributed by atoms with Gasteiger partial charge in [0.2, 0.25) is 0 Å². The Hall–Kier alpha value is -2.21. The van der Waals surface area contributed by atoms with Crippen LogP contribution in [-0.2, 0) is 4.74 Å². The molecule has 1 aromatic carbocycles. The zero-order valence-electron chi connectivity index (χ0n) is 11.3. The van der Waals surface area contributed by atoms with E-state index in [1.54, 1.807) is 31.2 Å². The predicted octanol–water partition coefficient (Wildman–Crippen LogP) is 2.77. The van der Waals surface area contributed by atoms with Gasteiger partial charge in [0, 0.05) is 0 Å². The van der Waals surface area contributed by atoms with Crippen molar-refractivity contribution in [3.05, 3.63) is 45.4 Å². The van der Waals surface area contributed by atoms with Gasteiger partial charge in [0.15, 0.2) is 0 Å². The summed E-state index contributed by atoms with van der Waals surface area (Å²) in [4.78, 5) is 27.9. The van der Waals surface area contributed by atoms with E-state index in [2.05, 4.69) is 9.72 Å². The maximum atomic E-state index is 12.0. The molecule has 0 fully saturated rings. The Kier molecular flexibility index (Phi) is 4.14. The van der Waals surface area contributed by atoms with Crippen molar-refractivity contribution in [3.63, 3.8) is 0 Å². The summed E-state index contributed by atoms with van der Waals surface area (Å²) in [6, 6.07) is 6.18. The van der Waals surface area contributed by atoms with Gasteiger partial charge in [-0.3, -0.25) is 0 Å². The Labute approximate surface area is 120 Å².